The van der Waals surface area contributed by atoms with Gasteiger partial charge in [-0.15, -0.1) is 6.58 Å². The average molecular weight is 503 g/mol. The number of hydrogen-bond acceptors (Lipinski definition) is 4. The monoisotopic (exact) mass is 502 g/mol. The van der Waals surface area contributed by atoms with E-state index >= 15 is 0 Å². The summed E-state index contributed by atoms with van der Waals surface area (Å²) in [5.41, 5.74) is 1.73. The Morgan fingerprint density at radius 1 is 1.29 bits per heavy atom. The number of halogens is 2. The van der Waals surface area contributed by atoms with E-state index in [0.717, 1.165) is 49.4 Å². The zero-order valence-corrected chi connectivity index (χ0v) is 21.0. The molecule has 7 heteroatoms. The van der Waals surface area contributed by atoms with E-state index in [1.165, 1.54) is 0 Å². The van der Waals surface area contributed by atoms with Gasteiger partial charge < -0.3 is 15.2 Å². The van der Waals surface area contributed by atoms with Crippen molar-refractivity contribution in [1.29, 1.82) is 0 Å². The summed E-state index contributed by atoms with van der Waals surface area (Å²) in [6.07, 6.45) is 3.81. The van der Waals surface area contributed by atoms with E-state index in [2.05, 4.69) is 28.9 Å². The van der Waals surface area contributed by atoms with Gasteiger partial charge in [0.05, 0.1) is 29.7 Å². The lowest BCUT2D eigenvalue weighted by atomic mass is 9.57. The van der Waals surface area contributed by atoms with Crippen molar-refractivity contribution in [3.63, 3.8) is 0 Å². The Hall–Kier alpha value is -2.05. The van der Waals surface area contributed by atoms with Crippen molar-refractivity contribution in [1.82, 2.24) is 10.2 Å². The molecule has 2 N–H and O–H groups in total. The number of amides is 1. The predicted octanol–water partition coefficient (Wildman–Crippen LogP) is 4.63. The number of aliphatic hydroxyl groups excluding tert-OH is 1. The van der Waals surface area contributed by atoms with Crippen LogP contribution in [0.2, 0.25) is 10.0 Å². The van der Waals surface area contributed by atoms with Gasteiger partial charge in [0, 0.05) is 30.5 Å². The molecule has 1 saturated heterocycles. The molecule has 2 aromatic carbocycles. The molecule has 2 aromatic rings. The number of fused-ring (bicyclic) bond motifs is 1. The molecule has 0 aromatic heterocycles. The second-order valence-electron chi connectivity index (χ2n) is 9.49. The van der Waals surface area contributed by atoms with Gasteiger partial charge >= 0.3 is 0 Å². The molecule has 5 nitrogen and oxygen atoms in total. The van der Waals surface area contributed by atoms with Gasteiger partial charge in [0.2, 0.25) is 5.91 Å². The van der Waals surface area contributed by atoms with Gasteiger partial charge in [0.25, 0.3) is 0 Å². The molecule has 0 spiro atoms. The van der Waals surface area contributed by atoms with Crippen LogP contribution in [0.3, 0.4) is 0 Å². The highest BCUT2D eigenvalue weighted by molar-refractivity contribution is 6.42. The lowest BCUT2D eigenvalue weighted by molar-refractivity contribution is -0.122. The van der Waals surface area contributed by atoms with Crippen LogP contribution in [0.15, 0.2) is 55.1 Å². The van der Waals surface area contributed by atoms with Crippen molar-refractivity contribution in [3.8, 4) is 5.75 Å². The third-order valence-corrected chi connectivity index (χ3v) is 8.12. The van der Waals surface area contributed by atoms with Crippen LogP contribution < -0.4 is 10.1 Å². The molecule has 4 atom stereocenters. The summed E-state index contributed by atoms with van der Waals surface area (Å²) in [6.45, 7) is 6.40. The molecule has 0 bridgehead atoms. The predicted molar refractivity (Wildman–Crippen MR) is 137 cm³/mol. The largest absolute Gasteiger partial charge is 0.497 e. The van der Waals surface area contributed by atoms with E-state index in [0.29, 0.717) is 16.5 Å². The van der Waals surface area contributed by atoms with Gasteiger partial charge in [-0.25, -0.2) is 0 Å². The van der Waals surface area contributed by atoms with Crippen LogP contribution in [0.1, 0.15) is 30.4 Å². The summed E-state index contributed by atoms with van der Waals surface area (Å²) in [5, 5.41) is 15.4. The molecular weight excluding hydrogens is 471 g/mol. The van der Waals surface area contributed by atoms with Gasteiger partial charge in [-0.3, -0.25) is 9.69 Å². The SMILES string of the molecule is C=CCN1CCC2(c3cccc(OC)c3)C[C@@H](NC(=O)Cc3ccc(Cl)c(Cl)c3)CC(O)C2C1. The van der Waals surface area contributed by atoms with Crippen LogP contribution >= 0.6 is 23.2 Å². The number of piperidine rings is 1. The second kappa shape index (κ2) is 10.7. The van der Waals surface area contributed by atoms with Crippen LogP contribution in [0, 0.1) is 5.92 Å². The molecule has 1 heterocycles. The number of nitrogens with zero attached hydrogens (tertiary/aromatic N) is 1. The number of hydrogen-bond donors (Lipinski definition) is 2. The standard InChI is InChI=1S/C27H32Cl2N2O3/c1-3-10-31-11-9-27(19-5-4-6-21(14-19)34-2)16-20(15-25(32)22(27)17-31)30-26(33)13-18-7-8-23(28)24(29)12-18/h3-8,12,14,20,22,25,32H,1,9-11,13,15-17H2,2H3,(H,30,33)/t20-,22?,25?,27?/m0/s1. The Morgan fingerprint density at radius 2 is 2.12 bits per heavy atom. The molecule has 2 fully saturated rings. The van der Waals surface area contributed by atoms with E-state index < -0.39 is 6.10 Å². The first kappa shape index (κ1) is 25.1. The first-order chi connectivity index (χ1) is 16.3. The third kappa shape index (κ3) is 5.28. The zero-order valence-electron chi connectivity index (χ0n) is 19.5. The molecular formula is C27H32Cl2N2O3. The summed E-state index contributed by atoms with van der Waals surface area (Å²) in [7, 11) is 1.67. The topological polar surface area (TPSA) is 61.8 Å². The maximum absolute atomic E-state index is 12.9. The molecule has 2 aliphatic rings. The molecule has 0 radical (unpaired) electrons. The number of aliphatic hydroxyl groups is 1. The van der Waals surface area contributed by atoms with Gasteiger partial charge in [-0.2, -0.15) is 0 Å². The van der Waals surface area contributed by atoms with Crippen molar-refractivity contribution in [3.05, 3.63) is 76.3 Å². The zero-order chi connectivity index (χ0) is 24.3. The van der Waals surface area contributed by atoms with Gasteiger partial charge in [-0.05, 0) is 61.2 Å². The highest BCUT2D eigenvalue weighted by Gasteiger charge is 2.52. The minimum absolute atomic E-state index is 0.0662. The first-order valence-electron chi connectivity index (χ1n) is 11.7. The molecule has 1 aliphatic carbocycles. The summed E-state index contributed by atoms with van der Waals surface area (Å²) in [4.78, 5) is 15.3. The number of ether oxygens (including phenoxy) is 1. The Kier molecular flexibility index (Phi) is 7.88. The summed E-state index contributed by atoms with van der Waals surface area (Å²) in [6, 6.07) is 13.3. The number of likely N-dealkylation sites (tertiary alicyclic amines) is 1. The second-order valence-corrected chi connectivity index (χ2v) is 10.3. The van der Waals surface area contributed by atoms with Crippen LogP contribution in [0.25, 0.3) is 0 Å². The highest BCUT2D eigenvalue weighted by atomic mass is 35.5. The Bertz CT molecular complexity index is 1050. The summed E-state index contributed by atoms with van der Waals surface area (Å²) < 4.78 is 5.51. The van der Waals surface area contributed by atoms with Crippen molar-refractivity contribution in [2.75, 3.05) is 26.7 Å². The maximum Gasteiger partial charge on any atom is 0.224 e. The van der Waals surface area contributed by atoms with Crippen molar-refractivity contribution >= 4 is 29.1 Å². The molecule has 4 rings (SSSR count). The first-order valence-corrected chi connectivity index (χ1v) is 12.5. The third-order valence-electron chi connectivity index (χ3n) is 7.39. The number of nitrogens with one attached hydrogen (secondary N) is 1. The number of carbonyl (C=O) groups excluding carboxylic acids is 1. The molecule has 1 saturated carbocycles. The van der Waals surface area contributed by atoms with E-state index in [4.69, 9.17) is 27.9 Å². The van der Waals surface area contributed by atoms with E-state index in [9.17, 15) is 9.90 Å². The quantitative estimate of drug-likeness (QED) is 0.541. The van der Waals surface area contributed by atoms with Crippen molar-refractivity contribution < 1.29 is 14.6 Å². The lowest BCUT2D eigenvalue weighted by Gasteiger charge is -2.54. The number of carbonyl (C=O) groups is 1. The Labute approximate surface area is 211 Å². The Balaban J connectivity index is 1.56. The van der Waals surface area contributed by atoms with E-state index in [-0.39, 0.29) is 29.7 Å². The maximum atomic E-state index is 12.9. The van der Waals surface area contributed by atoms with Gasteiger partial charge in [0.1, 0.15) is 5.75 Å². The fourth-order valence-corrected chi connectivity index (χ4v) is 6.11. The number of methoxy groups -OCH3 is 1. The van der Waals surface area contributed by atoms with Crippen LogP contribution in [0.4, 0.5) is 0 Å². The smallest absolute Gasteiger partial charge is 0.224 e. The molecule has 3 unspecified atom stereocenters. The summed E-state index contributed by atoms with van der Waals surface area (Å²) in [5.74, 6) is 0.787. The summed E-state index contributed by atoms with van der Waals surface area (Å²) >= 11 is 12.1. The minimum Gasteiger partial charge on any atom is -0.497 e. The fraction of sp³-hybridized carbons (Fsp3) is 0.444. The molecule has 1 aliphatic heterocycles. The Morgan fingerprint density at radius 3 is 2.85 bits per heavy atom. The lowest BCUT2D eigenvalue weighted by Crippen LogP contribution is -2.61. The van der Waals surface area contributed by atoms with Crippen LogP contribution in [0.5, 0.6) is 5.75 Å². The van der Waals surface area contributed by atoms with Crippen LogP contribution in [-0.4, -0.2) is 54.8 Å². The molecule has 182 valence electrons. The van der Waals surface area contributed by atoms with Crippen molar-refractivity contribution in [2.24, 2.45) is 5.92 Å². The van der Waals surface area contributed by atoms with Crippen LogP contribution in [-0.2, 0) is 16.6 Å². The minimum atomic E-state index is -0.525. The molecule has 1 amide bonds. The van der Waals surface area contributed by atoms with E-state index in [1.807, 2.05) is 24.3 Å². The fourth-order valence-electron chi connectivity index (χ4n) is 5.79. The number of rotatable bonds is 7. The number of benzene rings is 2. The average Bonchev–Trinajstić information content (AvgIpc) is 2.82. The molecule has 34 heavy (non-hydrogen) atoms. The highest BCUT2D eigenvalue weighted by Crippen LogP contribution is 2.49. The van der Waals surface area contributed by atoms with Gasteiger partial charge in [-0.1, -0.05) is 47.5 Å². The van der Waals surface area contributed by atoms with Crippen molar-refractivity contribution in [2.45, 2.75) is 43.2 Å². The van der Waals surface area contributed by atoms with Gasteiger partial charge in [0.15, 0.2) is 0 Å². The normalized spacial score (nSPS) is 27.0. The van der Waals surface area contributed by atoms with E-state index in [1.54, 1.807) is 19.2 Å².